The number of nitrogens with two attached hydrogens (primary N) is 1. The highest BCUT2D eigenvalue weighted by Crippen LogP contribution is 2.57. The molecule has 0 bridgehead atoms. The molecule has 18 heavy (non-hydrogen) atoms. The number of fused-ring (bicyclic) bond motifs is 1. The Morgan fingerprint density at radius 1 is 1.33 bits per heavy atom. The van der Waals surface area contributed by atoms with E-state index in [0.29, 0.717) is 5.84 Å². The highest BCUT2D eigenvalue weighted by Gasteiger charge is 2.40. The lowest BCUT2D eigenvalue weighted by atomic mass is 9.85. The fourth-order valence-electron chi connectivity index (χ4n) is 3.26. The summed E-state index contributed by atoms with van der Waals surface area (Å²) in [6.07, 6.45) is 5.25. The van der Waals surface area contributed by atoms with E-state index in [1.807, 2.05) is 18.3 Å². The number of hydrogen-bond acceptors (Lipinski definition) is 2. The quantitative estimate of drug-likeness (QED) is 0.625. The predicted octanol–water partition coefficient (Wildman–Crippen LogP) is 4.32. The van der Waals surface area contributed by atoms with Crippen LogP contribution in [0.5, 0.6) is 0 Å². The van der Waals surface area contributed by atoms with Crippen LogP contribution < -0.4 is 5.73 Å². The minimum absolute atomic E-state index is 0.691. The van der Waals surface area contributed by atoms with Gasteiger partial charge in [-0.2, -0.15) is 0 Å². The van der Waals surface area contributed by atoms with Gasteiger partial charge in [0.05, 0.1) is 5.84 Å². The van der Waals surface area contributed by atoms with Crippen molar-refractivity contribution in [3.63, 3.8) is 0 Å². The van der Waals surface area contributed by atoms with Gasteiger partial charge in [0.25, 0.3) is 0 Å². The molecule has 2 unspecified atom stereocenters. The van der Waals surface area contributed by atoms with Crippen LogP contribution in [0.25, 0.3) is 0 Å². The predicted molar refractivity (Wildman–Crippen MR) is 79.2 cm³/mol. The molecule has 0 radical (unpaired) electrons. The number of amidine groups is 1. The van der Waals surface area contributed by atoms with Crippen molar-refractivity contribution in [1.82, 2.24) is 0 Å². The van der Waals surface area contributed by atoms with E-state index in [1.54, 1.807) is 16.0 Å². The third kappa shape index (κ3) is 1.99. The molecule has 2 aliphatic rings. The van der Waals surface area contributed by atoms with E-state index in [0.717, 1.165) is 17.8 Å². The Morgan fingerprint density at radius 3 is 2.67 bits per heavy atom. The summed E-state index contributed by atoms with van der Waals surface area (Å²) in [5, 5.41) is 1.21. The van der Waals surface area contributed by atoms with E-state index < -0.39 is 0 Å². The van der Waals surface area contributed by atoms with Gasteiger partial charge in [0, 0.05) is 4.88 Å². The fraction of sp³-hybridized carbons (Fsp3) is 0.667. The molecule has 3 rings (SSSR count). The van der Waals surface area contributed by atoms with Gasteiger partial charge in [0.1, 0.15) is 5.00 Å². The zero-order chi connectivity index (χ0) is 12.9. The molecule has 0 spiro atoms. The Hall–Kier alpha value is -0.830. The van der Waals surface area contributed by atoms with Crippen molar-refractivity contribution >= 4 is 22.2 Å². The average Bonchev–Trinajstić information content (AvgIpc) is 2.87. The topological polar surface area (TPSA) is 38.4 Å². The fourth-order valence-corrected chi connectivity index (χ4v) is 4.72. The molecule has 1 aromatic heterocycles. The van der Waals surface area contributed by atoms with Crippen molar-refractivity contribution < 1.29 is 0 Å². The Kier molecular flexibility index (Phi) is 2.97. The number of rotatable bonds is 2. The molecule has 1 heterocycles. The summed E-state index contributed by atoms with van der Waals surface area (Å²) >= 11 is 1.90. The van der Waals surface area contributed by atoms with E-state index in [-0.39, 0.29) is 0 Å². The number of thiophene rings is 1. The number of aryl methyl sites for hydroxylation is 1. The van der Waals surface area contributed by atoms with Gasteiger partial charge < -0.3 is 5.73 Å². The van der Waals surface area contributed by atoms with E-state index in [2.05, 4.69) is 18.8 Å². The molecular formula is C15H22N2S. The van der Waals surface area contributed by atoms with Crippen molar-refractivity contribution in [2.45, 2.75) is 58.3 Å². The average molecular weight is 262 g/mol. The van der Waals surface area contributed by atoms with E-state index in [9.17, 15) is 0 Å². The molecular weight excluding hydrogens is 240 g/mol. The Morgan fingerprint density at radius 2 is 2.06 bits per heavy atom. The van der Waals surface area contributed by atoms with Crippen molar-refractivity contribution in [3.05, 3.63) is 16.0 Å². The van der Waals surface area contributed by atoms with Crippen molar-refractivity contribution in [3.8, 4) is 0 Å². The van der Waals surface area contributed by atoms with Crippen LogP contribution in [0.3, 0.4) is 0 Å². The summed E-state index contributed by atoms with van der Waals surface area (Å²) in [5.41, 5.74) is 8.99. The molecule has 0 aromatic carbocycles. The maximum absolute atomic E-state index is 5.80. The van der Waals surface area contributed by atoms with Crippen molar-refractivity contribution in [2.24, 2.45) is 16.6 Å². The molecule has 3 heteroatoms. The molecule has 2 N–H and O–H groups in total. The summed E-state index contributed by atoms with van der Waals surface area (Å²) < 4.78 is 0. The van der Waals surface area contributed by atoms with Gasteiger partial charge in [-0.15, -0.1) is 11.3 Å². The minimum Gasteiger partial charge on any atom is -0.387 e. The lowest BCUT2D eigenvalue weighted by molar-refractivity contribution is 0.592. The smallest absolute Gasteiger partial charge is 0.122 e. The Labute approximate surface area is 113 Å². The number of aliphatic imine (C=N–C) groups is 1. The van der Waals surface area contributed by atoms with Crippen LogP contribution in [0.2, 0.25) is 0 Å². The number of nitrogens with zero attached hydrogens (tertiary/aromatic N) is 1. The molecule has 1 aromatic rings. The second-order valence-electron chi connectivity index (χ2n) is 6.02. The van der Waals surface area contributed by atoms with Crippen molar-refractivity contribution in [2.75, 3.05) is 0 Å². The molecule has 3 atom stereocenters. The first-order chi connectivity index (χ1) is 8.58. The van der Waals surface area contributed by atoms with Crippen LogP contribution in [0.4, 0.5) is 5.00 Å². The first-order valence-electron chi connectivity index (χ1n) is 7.04. The lowest BCUT2D eigenvalue weighted by Gasteiger charge is -2.20. The zero-order valence-corrected chi connectivity index (χ0v) is 12.3. The Bertz CT molecular complexity index is 497. The molecule has 98 valence electrons. The third-order valence-corrected chi connectivity index (χ3v) is 5.51. The van der Waals surface area contributed by atoms with E-state index in [1.165, 1.54) is 30.7 Å². The second kappa shape index (κ2) is 4.37. The lowest BCUT2D eigenvalue weighted by Crippen LogP contribution is -2.06. The van der Waals surface area contributed by atoms with Crippen LogP contribution in [0.15, 0.2) is 4.99 Å². The minimum atomic E-state index is 0.691. The van der Waals surface area contributed by atoms with Gasteiger partial charge in [-0.1, -0.05) is 13.8 Å². The molecule has 2 nitrogen and oxygen atoms in total. The maximum atomic E-state index is 5.80. The van der Waals surface area contributed by atoms with E-state index >= 15 is 0 Å². The maximum Gasteiger partial charge on any atom is 0.122 e. The van der Waals surface area contributed by atoms with Gasteiger partial charge in [-0.25, -0.2) is 4.99 Å². The van der Waals surface area contributed by atoms with Gasteiger partial charge >= 0.3 is 0 Å². The van der Waals surface area contributed by atoms with Gasteiger partial charge in [-0.3, -0.25) is 0 Å². The standard InChI is InChI=1S/C15H22N2S/c1-8-5-4-6-12-13(8)14(11-7-9(11)2)15(18-12)17-10(3)16/h8-9,11H,4-7H2,1-3H3,(H2,16,17)/t8?,9-,11?/m0/s1. The monoisotopic (exact) mass is 262 g/mol. The van der Waals surface area contributed by atoms with E-state index in [4.69, 9.17) is 5.73 Å². The van der Waals surface area contributed by atoms with Crippen LogP contribution in [-0.4, -0.2) is 5.84 Å². The summed E-state index contributed by atoms with van der Waals surface area (Å²) in [4.78, 5) is 6.19. The molecule has 1 fully saturated rings. The number of hydrogen-bond donors (Lipinski definition) is 1. The van der Waals surface area contributed by atoms with Gasteiger partial charge in [-0.05, 0) is 61.5 Å². The van der Waals surface area contributed by atoms with Crippen LogP contribution >= 0.6 is 11.3 Å². The summed E-state index contributed by atoms with van der Waals surface area (Å²) in [6, 6.07) is 0. The highest BCUT2D eigenvalue weighted by molar-refractivity contribution is 7.16. The molecule has 0 amide bonds. The SMILES string of the molecule is CC(N)=Nc1sc2c(c1C1C[C@@H]1C)C(C)CCC2. The first kappa shape index (κ1) is 12.2. The van der Waals surface area contributed by atoms with Crippen LogP contribution in [-0.2, 0) is 6.42 Å². The molecule has 0 saturated heterocycles. The summed E-state index contributed by atoms with van der Waals surface area (Å²) in [5.74, 6) is 3.00. The largest absolute Gasteiger partial charge is 0.387 e. The summed E-state index contributed by atoms with van der Waals surface area (Å²) in [7, 11) is 0. The molecule has 2 aliphatic carbocycles. The second-order valence-corrected chi connectivity index (χ2v) is 7.11. The van der Waals surface area contributed by atoms with Crippen LogP contribution in [0.1, 0.15) is 67.9 Å². The molecule has 0 aliphatic heterocycles. The Balaban J connectivity index is 2.12. The van der Waals surface area contributed by atoms with Crippen molar-refractivity contribution in [1.29, 1.82) is 0 Å². The highest BCUT2D eigenvalue weighted by atomic mass is 32.1. The van der Waals surface area contributed by atoms with Gasteiger partial charge in [0.2, 0.25) is 0 Å². The normalized spacial score (nSPS) is 31.3. The van der Waals surface area contributed by atoms with Crippen LogP contribution in [0, 0.1) is 5.92 Å². The van der Waals surface area contributed by atoms with Gasteiger partial charge in [0.15, 0.2) is 0 Å². The third-order valence-electron chi connectivity index (χ3n) is 4.33. The first-order valence-corrected chi connectivity index (χ1v) is 7.85. The summed E-state index contributed by atoms with van der Waals surface area (Å²) in [6.45, 7) is 6.62. The zero-order valence-electron chi connectivity index (χ0n) is 11.5. The molecule has 1 saturated carbocycles.